The zero-order chi connectivity index (χ0) is 27.1. The average molecular weight is 529 g/mol. The molecule has 0 radical (unpaired) electrons. The number of aromatic nitrogens is 1. The Balaban J connectivity index is 1.54. The fourth-order valence-electron chi connectivity index (χ4n) is 5.69. The van der Waals surface area contributed by atoms with Crippen LogP contribution in [-0.2, 0) is 22.6 Å². The molecule has 2 aliphatic heterocycles. The predicted octanol–water partition coefficient (Wildman–Crippen LogP) is 5.83. The molecule has 198 valence electrons. The van der Waals surface area contributed by atoms with Crippen LogP contribution in [0.1, 0.15) is 55.4 Å². The number of aryl methyl sites for hydroxylation is 3. The number of carbonyl (C=O) groups is 2. The Morgan fingerprint density at radius 3 is 2.63 bits per heavy atom. The number of nitrogens with zero attached hydrogens (tertiary/aromatic N) is 4. The lowest BCUT2D eigenvalue weighted by Crippen LogP contribution is -2.43. The Morgan fingerprint density at radius 1 is 1.13 bits per heavy atom. The number of piperidine rings is 1. The molecule has 0 aliphatic carbocycles. The number of carbonyl (C=O) groups excluding carboxylic acids is 2. The van der Waals surface area contributed by atoms with Gasteiger partial charge < -0.3 is 14.4 Å². The molecule has 2 aromatic carbocycles. The number of rotatable bonds is 5. The second kappa shape index (κ2) is 10.4. The third-order valence-electron chi connectivity index (χ3n) is 8.13. The fourth-order valence-corrected chi connectivity index (χ4v) is 5.98. The molecule has 7 heteroatoms. The number of hydrogen-bond acceptors (Lipinski definition) is 3. The Labute approximate surface area is 230 Å². The van der Waals surface area contributed by atoms with Crippen LogP contribution in [0.3, 0.4) is 0 Å². The number of likely N-dealkylation sites (tertiary alicyclic amines) is 1. The summed E-state index contributed by atoms with van der Waals surface area (Å²) in [7, 11) is 1.84. The smallest absolute Gasteiger partial charge is 0.281 e. The molecule has 38 heavy (non-hydrogen) atoms. The number of thiocarbonyl (C=S) groups is 1. The molecule has 3 aromatic rings. The average Bonchev–Trinajstić information content (AvgIpc) is 3.35. The van der Waals surface area contributed by atoms with Crippen LogP contribution in [0.4, 0.5) is 5.69 Å². The van der Waals surface area contributed by atoms with Crippen LogP contribution in [0.15, 0.2) is 48.3 Å². The van der Waals surface area contributed by atoms with E-state index < -0.39 is 0 Å². The molecule has 0 bridgehead atoms. The van der Waals surface area contributed by atoms with Crippen molar-refractivity contribution in [1.29, 1.82) is 0 Å². The van der Waals surface area contributed by atoms with Gasteiger partial charge in [0.25, 0.3) is 5.91 Å². The fraction of sp³-hybridized carbons (Fsp3) is 0.387. The van der Waals surface area contributed by atoms with E-state index in [1.54, 1.807) is 9.80 Å². The maximum atomic E-state index is 13.7. The first-order valence-electron chi connectivity index (χ1n) is 13.5. The van der Waals surface area contributed by atoms with Crippen molar-refractivity contribution in [3.8, 4) is 0 Å². The summed E-state index contributed by atoms with van der Waals surface area (Å²) in [5.74, 6) is 0.00174. The van der Waals surface area contributed by atoms with E-state index in [1.165, 1.54) is 17.5 Å². The standard InChI is InChI=1S/C31H36N4O2S/c1-6-23-11-9-12-26-24(18-33(29(23)26)19-28(36)34-15-8-7-10-22(34)4)17-27-30(37)35(31(38)32(27)5)25-14-13-20(2)21(3)16-25/h9,11-14,16-18,22H,6-8,10,15,19H2,1-5H3/b27-17-/t22-/m0/s1. The van der Waals surface area contributed by atoms with E-state index in [4.69, 9.17) is 12.2 Å². The first kappa shape index (κ1) is 26.2. The zero-order valence-electron chi connectivity index (χ0n) is 23.0. The van der Waals surface area contributed by atoms with Gasteiger partial charge in [-0.3, -0.25) is 14.5 Å². The molecule has 0 spiro atoms. The summed E-state index contributed by atoms with van der Waals surface area (Å²) >= 11 is 5.71. The van der Waals surface area contributed by atoms with Crippen LogP contribution < -0.4 is 4.90 Å². The van der Waals surface area contributed by atoms with E-state index >= 15 is 0 Å². The highest BCUT2D eigenvalue weighted by Gasteiger charge is 2.37. The van der Waals surface area contributed by atoms with Crippen molar-refractivity contribution in [3.05, 3.63) is 70.5 Å². The SMILES string of the molecule is CCc1cccc2c(/C=C3/C(=O)N(c4ccc(C)c(C)c4)C(=S)N3C)cn(CC(=O)N3CCCC[C@@H]3C)c12. The molecule has 2 aliphatic rings. The quantitative estimate of drug-likeness (QED) is 0.309. The first-order valence-corrected chi connectivity index (χ1v) is 13.9. The van der Waals surface area contributed by atoms with Crippen LogP contribution in [0.25, 0.3) is 17.0 Å². The van der Waals surface area contributed by atoms with E-state index in [9.17, 15) is 9.59 Å². The van der Waals surface area contributed by atoms with Crippen molar-refractivity contribution in [2.75, 3.05) is 18.5 Å². The Bertz CT molecular complexity index is 1470. The topological polar surface area (TPSA) is 48.8 Å². The molecular weight excluding hydrogens is 492 g/mol. The van der Waals surface area contributed by atoms with Gasteiger partial charge >= 0.3 is 0 Å². The third-order valence-corrected chi connectivity index (χ3v) is 8.58. The van der Waals surface area contributed by atoms with Gasteiger partial charge in [0.2, 0.25) is 5.91 Å². The number of fused-ring (bicyclic) bond motifs is 1. The molecule has 5 rings (SSSR count). The van der Waals surface area contributed by atoms with Crippen molar-refractivity contribution in [2.45, 2.75) is 66.0 Å². The number of amides is 2. The Hall–Kier alpha value is -3.45. The molecule has 1 atom stereocenters. The number of hydrogen-bond donors (Lipinski definition) is 0. The van der Waals surface area contributed by atoms with Crippen molar-refractivity contribution in [1.82, 2.24) is 14.4 Å². The summed E-state index contributed by atoms with van der Waals surface area (Å²) in [5.41, 5.74) is 6.73. The minimum atomic E-state index is -0.147. The van der Waals surface area contributed by atoms with Gasteiger partial charge in [-0.05, 0) is 93.6 Å². The molecule has 0 saturated carbocycles. The molecule has 3 heterocycles. The van der Waals surface area contributed by atoms with Gasteiger partial charge in [0.1, 0.15) is 12.2 Å². The maximum Gasteiger partial charge on any atom is 0.281 e. The van der Waals surface area contributed by atoms with E-state index in [1.807, 2.05) is 55.4 Å². The number of anilines is 1. The van der Waals surface area contributed by atoms with E-state index in [2.05, 4.69) is 37.5 Å². The lowest BCUT2D eigenvalue weighted by molar-refractivity contribution is -0.135. The summed E-state index contributed by atoms with van der Waals surface area (Å²) in [5, 5.41) is 1.49. The summed E-state index contributed by atoms with van der Waals surface area (Å²) < 4.78 is 2.07. The van der Waals surface area contributed by atoms with Crippen LogP contribution in [0, 0.1) is 13.8 Å². The van der Waals surface area contributed by atoms with E-state index in [0.717, 1.165) is 53.5 Å². The van der Waals surface area contributed by atoms with Crippen molar-refractivity contribution in [2.24, 2.45) is 0 Å². The van der Waals surface area contributed by atoms with Gasteiger partial charge in [-0.2, -0.15) is 0 Å². The first-order chi connectivity index (χ1) is 18.2. The number of benzene rings is 2. The van der Waals surface area contributed by atoms with Crippen molar-refractivity contribution >= 4 is 51.8 Å². The van der Waals surface area contributed by atoms with Crippen LogP contribution in [0.5, 0.6) is 0 Å². The normalized spacial score (nSPS) is 19.3. The highest BCUT2D eigenvalue weighted by atomic mass is 32.1. The molecule has 6 nitrogen and oxygen atoms in total. The second-order valence-corrected chi connectivity index (χ2v) is 11.0. The Kier molecular flexibility index (Phi) is 7.14. The monoisotopic (exact) mass is 528 g/mol. The highest BCUT2D eigenvalue weighted by molar-refractivity contribution is 7.80. The summed E-state index contributed by atoms with van der Waals surface area (Å²) in [6, 6.07) is 12.5. The second-order valence-electron chi connectivity index (χ2n) is 10.6. The van der Waals surface area contributed by atoms with Crippen LogP contribution in [0.2, 0.25) is 0 Å². The molecular formula is C31H36N4O2S. The summed E-state index contributed by atoms with van der Waals surface area (Å²) in [6.45, 7) is 9.48. The zero-order valence-corrected chi connectivity index (χ0v) is 23.8. The summed E-state index contributed by atoms with van der Waals surface area (Å²) in [6.07, 6.45) is 8.09. The third kappa shape index (κ3) is 4.53. The largest absolute Gasteiger partial charge is 0.338 e. The molecule has 0 unspecified atom stereocenters. The van der Waals surface area contributed by atoms with Crippen LogP contribution >= 0.6 is 12.2 Å². The van der Waals surface area contributed by atoms with E-state index in [0.29, 0.717) is 10.8 Å². The Morgan fingerprint density at radius 2 is 1.92 bits per heavy atom. The molecule has 2 amide bonds. The minimum Gasteiger partial charge on any atom is -0.338 e. The summed E-state index contributed by atoms with van der Waals surface area (Å²) in [4.78, 5) is 32.5. The van der Waals surface area contributed by atoms with Gasteiger partial charge in [-0.15, -0.1) is 0 Å². The highest BCUT2D eigenvalue weighted by Crippen LogP contribution is 2.32. The molecule has 1 aromatic heterocycles. The lowest BCUT2D eigenvalue weighted by Gasteiger charge is -2.33. The van der Waals surface area contributed by atoms with Gasteiger partial charge in [0, 0.05) is 36.8 Å². The van der Waals surface area contributed by atoms with Gasteiger partial charge in [0.15, 0.2) is 5.11 Å². The van der Waals surface area contributed by atoms with Crippen molar-refractivity contribution in [3.63, 3.8) is 0 Å². The van der Waals surface area contributed by atoms with Gasteiger partial charge in [-0.1, -0.05) is 31.2 Å². The number of para-hydroxylation sites is 1. The van der Waals surface area contributed by atoms with Crippen LogP contribution in [-0.4, -0.2) is 50.9 Å². The molecule has 2 fully saturated rings. The molecule has 0 N–H and O–H groups in total. The van der Waals surface area contributed by atoms with E-state index in [-0.39, 0.29) is 24.4 Å². The number of likely N-dealkylation sites (N-methyl/N-ethyl adjacent to an activating group) is 1. The lowest BCUT2D eigenvalue weighted by atomic mass is 10.0. The van der Waals surface area contributed by atoms with Gasteiger partial charge in [-0.25, -0.2) is 0 Å². The molecule has 2 saturated heterocycles. The minimum absolute atomic E-state index is 0.147. The van der Waals surface area contributed by atoms with Crippen molar-refractivity contribution < 1.29 is 9.59 Å². The predicted molar refractivity (Wildman–Crippen MR) is 158 cm³/mol. The maximum absolute atomic E-state index is 13.7. The van der Waals surface area contributed by atoms with Gasteiger partial charge in [0.05, 0.1) is 11.2 Å².